The first-order chi connectivity index (χ1) is 8.63. The number of aliphatic imine (C=N–C) groups is 1. The summed E-state index contributed by atoms with van der Waals surface area (Å²) in [4.78, 5) is 6.94. The average molecular weight is 255 g/mol. The van der Waals surface area contributed by atoms with E-state index in [1.165, 1.54) is 32.4 Å². The van der Waals surface area contributed by atoms with E-state index in [2.05, 4.69) is 41.4 Å². The van der Waals surface area contributed by atoms with E-state index in [1.54, 1.807) is 0 Å². The van der Waals surface area contributed by atoms with Crippen molar-refractivity contribution in [1.82, 2.24) is 15.6 Å². The van der Waals surface area contributed by atoms with Crippen LogP contribution < -0.4 is 16.6 Å². The van der Waals surface area contributed by atoms with Gasteiger partial charge in [0.05, 0.1) is 0 Å². The van der Waals surface area contributed by atoms with Crippen molar-refractivity contribution in [1.29, 1.82) is 0 Å². The minimum atomic E-state index is 0.530. The van der Waals surface area contributed by atoms with Gasteiger partial charge in [-0.15, -0.1) is 0 Å². The molecule has 0 aromatic rings. The third kappa shape index (κ3) is 5.69. The van der Waals surface area contributed by atoms with E-state index >= 15 is 0 Å². The molecule has 1 saturated heterocycles. The fourth-order valence-electron chi connectivity index (χ4n) is 2.16. The zero-order valence-corrected chi connectivity index (χ0v) is 12.1. The van der Waals surface area contributed by atoms with Gasteiger partial charge in [0.25, 0.3) is 0 Å². The van der Waals surface area contributed by atoms with Crippen LogP contribution in [0, 0.1) is 5.92 Å². The summed E-state index contributed by atoms with van der Waals surface area (Å²) in [5, 5.41) is 3.29. The standard InChI is InChI=1S/C13H29N5/c1-11(2)9-15-13(17-14)16-10-12(3)18-7-5-4-6-8-18/h11-12H,4-10,14H2,1-3H3,(H2,15,16,17). The summed E-state index contributed by atoms with van der Waals surface area (Å²) in [6.07, 6.45) is 4.03. The van der Waals surface area contributed by atoms with Crippen LogP contribution in [0.2, 0.25) is 0 Å². The molecule has 4 N–H and O–H groups in total. The molecule has 1 heterocycles. The second-order valence-corrected chi connectivity index (χ2v) is 5.55. The van der Waals surface area contributed by atoms with E-state index in [0.717, 1.165) is 13.1 Å². The Kier molecular flexibility index (Phi) is 7.05. The molecular weight excluding hydrogens is 226 g/mol. The summed E-state index contributed by atoms with van der Waals surface area (Å²) < 4.78 is 0. The van der Waals surface area contributed by atoms with Crippen LogP contribution in [0.25, 0.3) is 0 Å². The first-order valence-corrected chi connectivity index (χ1v) is 7.12. The Hall–Kier alpha value is -0.810. The molecule has 0 aliphatic carbocycles. The van der Waals surface area contributed by atoms with Crippen molar-refractivity contribution in [2.75, 3.05) is 26.2 Å². The molecule has 1 unspecified atom stereocenters. The van der Waals surface area contributed by atoms with Crippen LogP contribution in [0.4, 0.5) is 0 Å². The van der Waals surface area contributed by atoms with E-state index in [9.17, 15) is 0 Å². The number of nitrogens with one attached hydrogen (secondary N) is 2. The molecule has 0 saturated carbocycles. The highest BCUT2D eigenvalue weighted by Gasteiger charge is 2.16. The van der Waals surface area contributed by atoms with Gasteiger partial charge in [0.15, 0.2) is 0 Å². The lowest BCUT2D eigenvalue weighted by Crippen LogP contribution is -2.49. The highest BCUT2D eigenvalue weighted by atomic mass is 15.3. The van der Waals surface area contributed by atoms with Gasteiger partial charge < -0.3 is 5.32 Å². The zero-order chi connectivity index (χ0) is 13.4. The summed E-state index contributed by atoms with van der Waals surface area (Å²) in [6, 6.07) is 0.530. The SMILES string of the molecule is CC(C)CN=C(NN)NCC(C)N1CCCCC1. The number of guanidine groups is 1. The van der Waals surface area contributed by atoms with E-state index in [-0.39, 0.29) is 0 Å². The lowest BCUT2D eigenvalue weighted by Gasteiger charge is -2.32. The quantitative estimate of drug-likeness (QED) is 0.296. The molecule has 1 aliphatic heterocycles. The molecule has 5 heteroatoms. The smallest absolute Gasteiger partial charge is 0.205 e. The van der Waals surface area contributed by atoms with Crippen molar-refractivity contribution < 1.29 is 0 Å². The Morgan fingerprint density at radius 3 is 2.44 bits per heavy atom. The number of rotatable bonds is 5. The number of nitrogens with two attached hydrogens (primary N) is 1. The van der Waals surface area contributed by atoms with Crippen molar-refractivity contribution in [2.45, 2.75) is 46.1 Å². The third-order valence-electron chi connectivity index (χ3n) is 3.33. The van der Waals surface area contributed by atoms with E-state index in [0.29, 0.717) is 17.9 Å². The molecule has 18 heavy (non-hydrogen) atoms. The van der Waals surface area contributed by atoms with Crippen molar-refractivity contribution in [3.05, 3.63) is 0 Å². The van der Waals surface area contributed by atoms with Gasteiger partial charge in [-0.3, -0.25) is 15.3 Å². The zero-order valence-electron chi connectivity index (χ0n) is 12.1. The molecule has 1 atom stereocenters. The van der Waals surface area contributed by atoms with Crippen molar-refractivity contribution in [2.24, 2.45) is 16.8 Å². The Bertz CT molecular complexity index is 246. The first-order valence-electron chi connectivity index (χ1n) is 7.12. The lowest BCUT2D eigenvalue weighted by atomic mass is 10.1. The summed E-state index contributed by atoms with van der Waals surface area (Å²) in [7, 11) is 0. The summed E-state index contributed by atoms with van der Waals surface area (Å²) >= 11 is 0. The second kappa shape index (κ2) is 8.32. The number of hydrogen-bond donors (Lipinski definition) is 3. The Morgan fingerprint density at radius 1 is 1.22 bits per heavy atom. The van der Waals surface area contributed by atoms with Crippen LogP contribution in [0.1, 0.15) is 40.0 Å². The van der Waals surface area contributed by atoms with Crippen molar-refractivity contribution in [3.8, 4) is 0 Å². The second-order valence-electron chi connectivity index (χ2n) is 5.55. The monoisotopic (exact) mass is 255 g/mol. The number of hydrazine groups is 1. The van der Waals surface area contributed by atoms with Gasteiger partial charge in [-0.05, 0) is 38.8 Å². The van der Waals surface area contributed by atoms with Crippen LogP contribution in [-0.2, 0) is 0 Å². The van der Waals surface area contributed by atoms with Crippen molar-refractivity contribution >= 4 is 5.96 Å². The number of nitrogens with zero attached hydrogens (tertiary/aromatic N) is 2. The fourth-order valence-corrected chi connectivity index (χ4v) is 2.16. The largest absolute Gasteiger partial charge is 0.354 e. The molecule has 1 fully saturated rings. The Balaban J connectivity index is 2.30. The molecule has 106 valence electrons. The molecule has 5 nitrogen and oxygen atoms in total. The molecule has 0 bridgehead atoms. The molecule has 0 radical (unpaired) electrons. The van der Waals surface area contributed by atoms with Gasteiger partial charge >= 0.3 is 0 Å². The van der Waals surface area contributed by atoms with Gasteiger partial charge in [0.2, 0.25) is 5.96 Å². The predicted molar refractivity (Wildman–Crippen MR) is 77.4 cm³/mol. The van der Waals surface area contributed by atoms with Crippen LogP contribution >= 0.6 is 0 Å². The lowest BCUT2D eigenvalue weighted by molar-refractivity contribution is 0.174. The summed E-state index contributed by atoms with van der Waals surface area (Å²) in [6.45, 7) is 10.7. The van der Waals surface area contributed by atoms with E-state index in [4.69, 9.17) is 5.84 Å². The normalized spacial score (nSPS) is 19.9. The molecule has 0 amide bonds. The molecule has 0 spiro atoms. The Labute approximate surface area is 111 Å². The fraction of sp³-hybridized carbons (Fsp3) is 0.923. The predicted octanol–water partition coefficient (Wildman–Crippen LogP) is 0.926. The van der Waals surface area contributed by atoms with Gasteiger partial charge in [-0.25, -0.2) is 5.84 Å². The van der Waals surface area contributed by atoms with Gasteiger partial charge in [0, 0.05) is 19.1 Å². The highest BCUT2D eigenvalue weighted by Crippen LogP contribution is 2.11. The molecule has 0 aromatic carbocycles. The highest BCUT2D eigenvalue weighted by molar-refractivity contribution is 5.79. The molecular formula is C13H29N5. The first kappa shape index (κ1) is 15.2. The minimum absolute atomic E-state index is 0.530. The van der Waals surface area contributed by atoms with E-state index < -0.39 is 0 Å². The number of piperidine rings is 1. The number of hydrogen-bond acceptors (Lipinski definition) is 3. The van der Waals surface area contributed by atoms with Gasteiger partial charge in [0.1, 0.15) is 0 Å². The summed E-state index contributed by atoms with van der Waals surface area (Å²) in [5.74, 6) is 6.72. The van der Waals surface area contributed by atoms with Crippen LogP contribution in [0.5, 0.6) is 0 Å². The molecule has 1 rings (SSSR count). The molecule has 0 aromatic heterocycles. The third-order valence-corrected chi connectivity index (χ3v) is 3.33. The maximum Gasteiger partial charge on any atom is 0.205 e. The van der Waals surface area contributed by atoms with Crippen molar-refractivity contribution in [3.63, 3.8) is 0 Å². The maximum atomic E-state index is 5.47. The molecule has 1 aliphatic rings. The topological polar surface area (TPSA) is 65.7 Å². The van der Waals surface area contributed by atoms with Crippen LogP contribution in [0.15, 0.2) is 4.99 Å². The van der Waals surface area contributed by atoms with Crippen LogP contribution in [-0.4, -0.2) is 43.1 Å². The Morgan fingerprint density at radius 2 is 1.89 bits per heavy atom. The summed E-state index contributed by atoms with van der Waals surface area (Å²) in [5.41, 5.74) is 2.64. The van der Waals surface area contributed by atoms with Crippen LogP contribution in [0.3, 0.4) is 0 Å². The minimum Gasteiger partial charge on any atom is -0.354 e. The van der Waals surface area contributed by atoms with Gasteiger partial charge in [-0.2, -0.15) is 0 Å². The van der Waals surface area contributed by atoms with E-state index in [1.807, 2.05) is 0 Å². The average Bonchev–Trinajstić information content (AvgIpc) is 2.39. The number of likely N-dealkylation sites (tertiary alicyclic amines) is 1. The maximum absolute atomic E-state index is 5.47. The van der Waals surface area contributed by atoms with Gasteiger partial charge in [-0.1, -0.05) is 20.3 Å².